The summed E-state index contributed by atoms with van der Waals surface area (Å²) >= 11 is 6.26. The normalized spacial score (nSPS) is 22.1. The number of fused-ring (bicyclic) bond motifs is 1. The smallest absolute Gasteiger partial charge is 0.160 e. The van der Waals surface area contributed by atoms with Gasteiger partial charge in [0.25, 0.3) is 0 Å². The lowest BCUT2D eigenvalue weighted by molar-refractivity contribution is -0.119. The van der Waals surface area contributed by atoms with Gasteiger partial charge in [-0.25, -0.2) is 0 Å². The molecule has 0 radical (unpaired) electrons. The summed E-state index contributed by atoms with van der Waals surface area (Å²) < 4.78 is 0. The summed E-state index contributed by atoms with van der Waals surface area (Å²) in [4.78, 5) is 12.7. The number of rotatable bonds is 3. The summed E-state index contributed by atoms with van der Waals surface area (Å²) in [5.74, 6) is 0.382. The molecule has 2 N–H and O–H groups in total. The van der Waals surface area contributed by atoms with Gasteiger partial charge in [-0.1, -0.05) is 30.9 Å². The van der Waals surface area contributed by atoms with E-state index in [0.29, 0.717) is 10.6 Å². The standard InChI is InChI=1S/C20H26ClNO2/c1-20(2)11-14-9-17(21)15(12-23)8-16(14)18(22-20)10-19(24)13-6-4-3-5-7-13/h8-10,13,22-23H,3-7,11-12H2,1-2H3/b18-10-. The van der Waals surface area contributed by atoms with Gasteiger partial charge in [0.2, 0.25) is 0 Å². The lowest BCUT2D eigenvalue weighted by atomic mass is 9.82. The predicted octanol–water partition coefficient (Wildman–Crippen LogP) is 4.25. The minimum atomic E-state index is -0.129. The van der Waals surface area contributed by atoms with Crippen LogP contribution in [0.4, 0.5) is 0 Å². The molecule has 0 saturated heterocycles. The van der Waals surface area contributed by atoms with E-state index in [2.05, 4.69) is 19.2 Å². The number of ketones is 1. The minimum absolute atomic E-state index is 0.0979. The van der Waals surface area contributed by atoms with Crippen molar-refractivity contribution < 1.29 is 9.90 Å². The molecular weight excluding hydrogens is 322 g/mol. The van der Waals surface area contributed by atoms with E-state index in [0.717, 1.165) is 48.9 Å². The molecule has 0 bridgehead atoms. The van der Waals surface area contributed by atoms with Crippen LogP contribution >= 0.6 is 11.6 Å². The van der Waals surface area contributed by atoms with E-state index in [1.54, 1.807) is 6.08 Å². The number of carbonyl (C=O) groups excluding carboxylic acids is 1. The molecule has 0 spiro atoms. The number of nitrogens with one attached hydrogen (secondary N) is 1. The highest BCUT2D eigenvalue weighted by Gasteiger charge is 2.30. The van der Waals surface area contributed by atoms with Gasteiger partial charge in [-0.05, 0) is 56.4 Å². The van der Waals surface area contributed by atoms with Crippen LogP contribution in [0, 0.1) is 5.92 Å². The Hall–Kier alpha value is -1.32. The van der Waals surface area contributed by atoms with Crippen LogP contribution in [0.2, 0.25) is 5.02 Å². The third-order valence-electron chi connectivity index (χ3n) is 5.13. The van der Waals surface area contributed by atoms with Crippen molar-refractivity contribution in [1.82, 2.24) is 5.32 Å². The maximum atomic E-state index is 12.7. The topological polar surface area (TPSA) is 49.3 Å². The van der Waals surface area contributed by atoms with Gasteiger partial charge in [0.05, 0.1) is 6.61 Å². The summed E-state index contributed by atoms with van der Waals surface area (Å²) in [6.07, 6.45) is 8.17. The van der Waals surface area contributed by atoms with Crippen molar-refractivity contribution in [1.29, 1.82) is 0 Å². The zero-order valence-corrected chi connectivity index (χ0v) is 15.2. The van der Waals surface area contributed by atoms with Crippen LogP contribution in [0.25, 0.3) is 5.70 Å². The maximum Gasteiger partial charge on any atom is 0.160 e. The third-order valence-corrected chi connectivity index (χ3v) is 5.48. The molecule has 0 aromatic heterocycles. The summed E-state index contributed by atoms with van der Waals surface area (Å²) in [5.41, 5.74) is 3.56. The molecule has 1 aromatic rings. The largest absolute Gasteiger partial charge is 0.392 e. The Bertz CT molecular complexity index is 672. The van der Waals surface area contributed by atoms with E-state index >= 15 is 0 Å². The SMILES string of the molecule is CC1(C)Cc2cc(Cl)c(CO)cc2/C(=C/C(=O)C2CCCCC2)N1. The van der Waals surface area contributed by atoms with Gasteiger partial charge in [-0.15, -0.1) is 0 Å². The number of hydrogen-bond acceptors (Lipinski definition) is 3. The predicted molar refractivity (Wildman–Crippen MR) is 97.9 cm³/mol. The molecule has 24 heavy (non-hydrogen) atoms. The Kier molecular flexibility index (Phi) is 5.03. The van der Waals surface area contributed by atoms with Crippen LogP contribution in [0.3, 0.4) is 0 Å². The van der Waals surface area contributed by atoms with Crippen LogP contribution in [0.15, 0.2) is 18.2 Å². The van der Waals surface area contributed by atoms with E-state index in [1.807, 2.05) is 12.1 Å². The van der Waals surface area contributed by atoms with Crippen molar-refractivity contribution >= 4 is 23.1 Å². The molecule has 2 aliphatic rings. The Labute approximate surface area is 149 Å². The Balaban J connectivity index is 1.98. The first kappa shape index (κ1) is 17.5. The molecule has 0 amide bonds. The van der Waals surface area contributed by atoms with E-state index in [9.17, 15) is 9.90 Å². The van der Waals surface area contributed by atoms with Crippen molar-refractivity contribution in [3.8, 4) is 0 Å². The highest BCUT2D eigenvalue weighted by molar-refractivity contribution is 6.31. The average Bonchev–Trinajstić information content (AvgIpc) is 2.54. The molecule has 3 nitrogen and oxygen atoms in total. The fourth-order valence-corrected chi connectivity index (χ4v) is 4.14. The molecule has 1 fully saturated rings. The summed E-state index contributed by atoms with van der Waals surface area (Å²) in [6, 6.07) is 3.85. The first-order valence-electron chi connectivity index (χ1n) is 8.86. The van der Waals surface area contributed by atoms with Gasteiger partial charge in [-0.2, -0.15) is 0 Å². The lowest BCUT2D eigenvalue weighted by Gasteiger charge is -2.36. The van der Waals surface area contributed by atoms with Crippen LogP contribution in [-0.2, 0) is 17.8 Å². The van der Waals surface area contributed by atoms with E-state index in [1.165, 1.54) is 6.42 Å². The van der Waals surface area contributed by atoms with Crippen LogP contribution in [-0.4, -0.2) is 16.4 Å². The van der Waals surface area contributed by atoms with Gasteiger partial charge in [-0.3, -0.25) is 4.79 Å². The van der Waals surface area contributed by atoms with Crippen molar-refractivity contribution in [2.24, 2.45) is 5.92 Å². The fourth-order valence-electron chi connectivity index (χ4n) is 3.89. The van der Waals surface area contributed by atoms with Gasteiger partial charge in [0.1, 0.15) is 0 Å². The average molecular weight is 348 g/mol. The van der Waals surface area contributed by atoms with E-state index in [-0.39, 0.29) is 23.8 Å². The van der Waals surface area contributed by atoms with Gasteiger partial charge < -0.3 is 10.4 Å². The van der Waals surface area contributed by atoms with Crippen molar-refractivity contribution in [2.45, 2.75) is 64.5 Å². The molecule has 1 aliphatic heterocycles. The highest BCUT2D eigenvalue weighted by atomic mass is 35.5. The van der Waals surface area contributed by atoms with Crippen molar-refractivity contribution in [3.63, 3.8) is 0 Å². The van der Waals surface area contributed by atoms with Gasteiger partial charge in [0.15, 0.2) is 5.78 Å². The zero-order valence-electron chi connectivity index (χ0n) is 14.5. The first-order valence-corrected chi connectivity index (χ1v) is 9.24. The highest BCUT2D eigenvalue weighted by Crippen LogP contribution is 2.34. The maximum absolute atomic E-state index is 12.7. The second-order valence-corrected chi connectivity index (χ2v) is 8.15. The van der Waals surface area contributed by atoms with E-state index in [4.69, 9.17) is 11.6 Å². The Morgan fingerprint density at radius 2 is 2.04 bits per heavy atom. The number of aliphatic hydroxyl groups is 1. The third kappa shape index (κ3) is 3.68. The minimum Gasteiger partial charge on any atom is -0.392 e. The molecule has 1 aromatic carbocycles. The van der Waals surface area contributed by atoms with Crippen molar-refractivity contribution in [2.75, 3.05) is 0 Å². The Morgan fingerprint density at radius 3 is 2.71 bits per heavy atom. The molecule has 1 saturated carbocycles. The molecule has 3 rings (SSSR count). The second-order valence-electron chi connectivity index (χ2n) is 7.74. The molecule has 1 heterocycles. The Morgan fingerprint density at radius 1 is 1.33 bits per heavy atom. The molecule has 0 unspecified atom stereocenters. The van der Waals surface area contributed by atoms with Crippen LogP contribution in [0.5, 0.6) is 0 Å². The zero-order chi connectivity index (χ0) is 17.3. The van der Waals surface area contributed by atoms with Gasteiger partial charge in [0, 0.05) is 33.8 Å². The number of hydrogen-bond donors (Lipinski definition) is 2. The molecule has 130 valence electrons. The number of halogens is 1. The fraction of sp³-hybridized carbons (Fsp3) is 0.550. The molecule has 0 atom stereocenters. The van der Waals surface area contributed by atoms with Crippen LogP contribution < -0.4 is 5.32 Å². The summed E-state index contributed by atoms with van der Waals surface area (Å²) in [5, 5.41) is 13.6. The number of aliphatic hydroxyl groups excluding tert-OH is 1. The summed E-state index contributed by atoms with van der Waals surface area (Å²) in [6.45, 7) is 4.16. The van der Waals surface area contributed by atoms with Gasteiger partial charge >= 0.3 is 0 Å². The molecular formula is C20H26ClNO2. The lowest BCUT2D eigenvalue weighted by Crippen LogP contribution is -2.44. The summed E-state index contributed by atoms with van der Waals surface area (Å²) in [7, 11) is 0. The molecule has 1 aliphatic carbocycles. The number of allylic oxidation sites excluding steroid dienone is 1. The number of carbonyl (C=O) groups is 1. The quantitative estimate of drug-likeness (QED) is 0.804. The second kappa shape index (κ2) is 6.89. The number of benzene rings is 1. The monoisotopic (exact) mass is 347 g/mol. The first-order chi connectivity index (χ1) is 11.4. The van der Waals surface area contributed by atoms with E-state index < -0.39 is 0 Å². The van der Waals surface area contributed by atoms with Crippen molar-refractivity contribution in [3.05, 3.63) is 39.9 Å². The molecule has 4 heteroatoms. The van der Waals surface area contributed by atoms with Crippen LogP contribution in [0.1, 0.15) is 62.6 Å².